The smallest absolute Gasteiger partial charge is 0.310 e. The summed E-state index contributed by atoms with van der Waals surface area (Å²) in [7, 11) is 1.57. The van der Waals surface area contributed by atoms with Crippen LogP contribution in [-0.4, -0.2) is 25.6 Å². The molecule has 0 aliphatic heterocycles. The highest BCUT2D eigenvalue weighted by Gasteiger charge is 2.13. The second-order valence-corrected chi connectivity index (χ2v) is 5.98. The molecule has 5 nitrogen and oxygen atoms in total. The number of ether oxygens (including phenoxy) is 2. The van der Waals surface area contributed by atoms with Gasteiger partial charge in [-0.05, 0) is 29.8 Å². The second kappa shape index (κ2) is 9.30. The van der Waals surface area contributed by atoms with Gasteiger partial charge < -0.3 is 14.8 Å². The van der Waals surface area contributed by atoms with Gasteiger partial charge in [-0.2, -0.15) is 0 Å². The van der Waals surface area contributed by atoms with Gasteiger partial charge in [0.05, 0.1) is 13.5 Å². The molecule has 2 rings (SSSR count). The summed E-state index contributed by atoms with van der Waals surface area (Å²) < 4.78 is 10.1. The van der Waals surface area contributed by atoms with E-state index >= 15 is 0 Å². The van der Waals surface area contributed by atoms with Crippen LogP contribution in [0.15, 0.2) is 42.5 Å². The van der Waals surface area contributed by atoms with E-state index in [9.17, 15) is 9.59 Å². The van der Waals surface area contributed by atoms with Gasteiger partial charge in [-0.15, -0.1) is 0 Å². The molecule has 132 valence electrons. The largest absolute Gasteiger partial charge is 0.497 e. The van der Waals surface area contributed by atoms with Gasteiger partial charge in [0.15, 0.2) is 6.61 Å². The van der Waals surface area contributed by atoms with Crippen molar-refractivity contribution in [1.82, 2.24) is 5.32 Å². The summed E-state index contributed by atoms with van der Waals surface area (Å²) in [6, 6.07) is 12.3. The summed E-state index contributed by atoms with van der Waals surface area (Å²) >= 11 is 12.0. The van der Waals surface area contributed by atoms with Gasteiger partial charge in [-0.1, -0.05) is 41.4 Å². The zero-order valence-corrected chi connectivity index (χ0v) is 15.1. The monoisotopic (exact) mass is 381 g/mol. The number of halogens is 2. The molecule has 0 aliphatic carbocycles. The molecular formula is C18H17Cl2NO4. The van der Waals surface area contributed by atoms with Gasteiger partial charge in [0.1, 0.15) is 5.75 Å². The summed E-state index contributed by atoms with van der Waals surface area (Å²) in [5.74, 6) is -0.275. The van der Waals surface area contributed by atoms with Gasteiger partial charge in [0.2, 0.25) is 0 Å². The minimum atomic E-state index is -0.577. The Hall–Kier alpha value is -2.24. The molecule has 0 fully saturated rings. The Bertz CT molecular complexity index is 744. The number of rotatable bonds is 7. The molecule has 7 heteroatoms. The maximum Gasteiger partial charge on any atom is 0.310 e. The van der Waals surface area contributed by atoms with E-state index in [1.54, 1.807) is 25.3 Å². The fourth-order valence-corrected chi connectivity index (χ4v) is 2.61. The summed E-state index contributed by atoms with van der Waals surface area (Å²) in [6.45, 7) is -0.0607. The third kappa shape index (κ3) is 5.96. The average molecular weight is 382 g/mol. The van der Waals surface area contributed by atoms with Crippen LogP contribution in [0.3, 0.4) is 0 Å². The quantitative estimate of drug-likeness (QED) is 0.746. The van der Waals surface area contributed by atoms with E-state index in [2.05, 4.69) is 5.32 Å². The van der Waals surface area contributed by atoms with E-state index in [1.165, 1.54) is 0 Å². The maximum absolute atomic E-state index is 11.8. The van der Waals surface area contributed by atoms with Crippen LogP contribution in [-0.2, 0) is 27.3 Å². The first-order chi connectivity index (χ1) is 12.0. The zero-order valence-electron chi connectivity index (χ0n) is 13.6. The standard InChI is InChI=1S/C18H17Cl2NO4/c1-24-13-5-2-4-12(8-13)10-21-17(22)11-25-18(23)9-14-15(19)6-3-7-16(14)20/h2-8H,9-11H2,1H3,(H,21,22). The Balaban J connectivity index is 1.78. The fourth-order valence-electron chi connectivity index (χ4n) is 2.08. The van der Waals surface area contributed by atoms with E-state index in [0.717, 1.165) is 5.56 Å². The third-order valence-corrected chi connectivity index (χ3v) is 4.08. The Morgan fingerprint density at radius 3 is 2.44 bits per heavy atom. The SMILES string of the molecule is COc1cccc(CNC(=O)COC(=O)Cc2c(Cl)cccc2Cl)c1. The number of amides is 1. The molecule has 1 amide bonds. The molecule has 2 aromatic carbocycles. The topological polar surface area (TPSA) is 64.6 Å². The van der Waals surface area contributed by atoms with Gasteiger partial charge in [0.25, 0.3) is 5.91 Å². The van der Waals surface area contributed by atoms with E-state index in [1.807, 2.05) is 24.3 Å². The molecule has 0 atom stereocenters. The van der Waals surface area contributed by atoms with Crippen molar-refractivity contribution in [1.29, 1.82) is 0 Å². The summed E-state index contributed by atoms with van der Waals surface area (Å²) in [4.78, 5) is 23.6. The maximum atomic E-state index is 11.8. The number of carbonyl (C=O) groups is 2. The van der Waals surface area contributed by atoms with Crippen LogP contribution in [0.1, 0.15) is 11.1 Å². The van der Waals surface area contributed by atoms with Gasteiger partial charge in [0, 0.05) is 22.2 Å². The number of hydrogen-bond donors (Lipinski definition) is 1. The van der Waals surface area contributed by atoms with Crippen LogP contribution in [0.5, 0.6) is 5.75 Å². The number of benzene rings is 2. The predicted molar refractivity (Wildman–Crippen MR) is 96.0 cm³/mol. The van der Waals surface area contributed by atoms with Crippen molar-refractivity contribution in [3.05, 3.63) is 63.6 Å². The minimum absolute atomic E-state index is 0.0956. The normalized spacial score (nSPS) is 10.2. The van der Waals surface area contributed by atoms with Crippen molar-refractivity contribution in [2.75, 3.05) is 13.7 Å². The highest BCUT2D eigenvalue weighted by Crippen LogP contribution is 2.24. The number of esters is 1. The molecule has 0 saturated heterocycles. The Morgan fingerprint density at radius 2 is 1.76 bits per heavy atom. The second-order valence-electron chi connectivity index (χ2n) is 5.17. The summed E-state index contributed by atoms with van der Waals surface area (Å²) in [6.07, 6.45) is -0.0956. The van der Waals surface area contributed by atoms with Crippen LogP contribution in [0.4, 0.5) is 0 Å². The number of hydrogen-bond acceptors (Lipinski definition) is 4. The van der Waals surface area contributed by atoms with E-state index < -0.39 is 11.9 Å². The van der Waals surface area contributed by atoms with Crippen LogP contribution < -0.4 is 10.1 Å². The van der Waals surface area contributed by atoms with Crippen molar-refractivity contribution < 1.29 is 19.1 Å². The first-order valence-corrected chi connectivity index (χ1v) is 8.23. The van der Waals surface area contributed by atoms with E-state index in [-0.39, 0.29) is 13.0 Å². The molecule has 0 unspecified atom stereocenters. The number of methoxy groups -OCH3 is 1. The Morgan fingerprint density at radius 1 is 1.08 bits per heavy atom. The fraction of sp³-hybridized carbons (Fsp3) is 0.222. The average Bonchev–Trinajstić information content (AvgIpc) is 2.61. The lowest BCUT2D eigenvalue weighted by Crippen LogP contribution is -2.28. The lowest BCUT2D eigenvalue weighted by Gasteiger charge is -2.09. The Labute approximate surface area is 155 Å². The van der Waals surface area contributed by atoms with Crippen LogP contribution in [0.2, 0.25) is 10.0 Å². The molecule has 2 aromatic rings. The van der Waals surface area contributed by atoms with Crippen molar-refractivity contribution in [3.63, 3.8) is 0 Å². The van der Waals surface area contributed by atoms with Crippen LogP contribution in [0.25, 0.3) is 0 Å². The van der Waals surface area contributed by atoms with Crippen molar-refractivity contribution in [3.8, 4) is 5.75 Å². The summed E-state index contributed by atoms with van der Waals surface area (Å²) in [5.41, 5.74) is 1.36. The van der Waals surface area contributed by atoms with E-state index in [4.69, 9.17) is 32.7 Å². The van der Waals surface area contributed by atoms with Crippen LogP contribution >= 0.6 is 23.2 Å². The number of carbonyl (C=O) groups excluding carboxylic acids is 2. The first kappa shape index (κ1) is 19.1. The highest BCUT2D eigenvalue weighted by atomic mass is 35.5. The molecule has 0 radical (unpaired) electrons. The van der Waals surface area contributed by atoms with Crippen molar-refractivity contribution >= 4 is 35.1 Å². The van der Waals surface area contributed by atoms with Gasteiger partial charge in [-0.25, -0.2) is 0 Å². The molecule has 0 saturated carbocycles. The molecule has 0 bridgehead atoms. The lowest BCUT2D eigenvalue weighted by molar-refractivity contribution is -0.147. The Kier molecular flexibility index (Phi) is 7.10. The molecule has 25 heavy (non-hydrogen) atoms. The molecule has 0 aromatic heterocycles. The van der Waals surface area contributed by atoms with Gasteiger partial charge >= 0.3 is 5.97 Å². The van der Waals surface area contributed by atoms with Gasteiger partial charge in [-0.3, -0.25) is 9.59 Å². The molecular weight excluding hydrogens is 365 g/mol. The predicted octanol–water partition coefficient (Wildman–Crippen LogP) is 3.40. The van der Waals surface area contributed by atoms with Crippen molar-refractivity contribution in [2.45, 2.75) is 13.0 Å². The molecule has 0 heterocycles. The molecule has 0 aliphatic rings. The third-order valence-electron chi connectivity index (χ3n) is 3.37. The van der Waals surface area contributed by atoms with Crippen molar-refractivity contribution in [2.24, 2.45) is 0 Å². The minimum Gasteiger partial charge on any atom is -0.497 e. The molecule has 0 spiro atoms. The molecule has 1 N–H and O–H groups in total. The highest BCUT2D eigenvalue weighted by molar-refractivity contribution is 6.36. The van der Waals surface area contributed by atoms with E-state index in [0.29, 0.717) is 27.9 Å². The number of nitrogens with one attached hydrogen (secondary N) is 1. The lowest BCUT2D eigenvalue weighted by atomic mass is 10.1. The first-order valence-electron chi connectivity index (χ1n) is 7.47. The summed E-state index contributed by atoms with van der Waals surface area (Å²) in [5, 5.41) is 3.43. The van der Waals surface area contributed by atoms with Crippen LogP contribution in [0, 0.1) is 0 Å². The zero-order chi connectivity index (χ0) is 18.2.